The Kier molecular flexibility index (Phi) is 6.70. The fourth-order valence-corrected chi connectivity index (χ4v) is 1.59. The molecule has 102 valence electrons. The number of ether oxygens (including phenoxy) is 1. The molecule has 0 fully saturated rings. The van der Waals surface area contributed by atoms with Gasteiger partial charge in [0.15, 0.2) is 0 Å². The highest BCUT2D eigenvalue weighted by Gasteiger charge is 2.14. The lowest BCUT2D eigenvalue weighted by Gasteiger charge is -2.05. The van der Waals surface area contributed by atoms with Gasteiger partial charge in [-0.15, -0.1) is 0 Å². The molecule has 0 unspecified atom stereocenters. The minimum atomic E-state index is -0.134. The maximum atomic E-state index is 11.6. The molecular weight excluding hydrogens is 260 g/mol. The van der Waals surface area contributed by atoms with Gasteiger partial charge >= 0.3 is 0 Å². The highest BCUT2D eigenvalue weighted by Crippen LogP contribution is 2.19. The maximum Gasteiger partial charge on any atom is 0.229 e. The second kappa shape index (κ2) is 8.07. The lowest BCUT2D eigenvalue weighted by molar-refractivity contribution is -0.120. The summed E-state index contributed by atoms with van der Waals surface area (Å²) in [6.45, 7) is 3.10. The molecule has 18 heavy (non-hydrogen) atoms. The Morgan fingerprint density at radius 1 is 1.56 bits per heavy atom. The van der Waals surface area contributed by atoms with Crippen molar-refractivity contribution in [2.45, 2.75) is 19.8 Å². The van der Waals surface area contributed by atoms with Crippen molar-refractivity contribution >= 4 is 17.5 Å². The van der Waals surface area contributed by atoms with Gasteiger partial charge < -0.3 is 19.7 Å². The molecule has 0 aromatic carbocycles. The number of carbonyl (C=O) groups excluding carboxylic acids is 1. The van der Waals surface area contributed by atoms with Crippen LogP contribution in [-0.2, 0) is 16.0 Å². The SMILES string of the molecule is Cc1noc(Cl)c1CC(=O)NCCCOCCO. The Bertz CT molecular complexity index is 362. The molecule has 0 radical (unpaired) electrons. The Morgan fingerprint density at radius 3 is 2.94 bits per heavy atom. The highest BCUT2D eigenvalue weighted by molar-refractivity contribution is 6.29. The van der Waals surface area contributed by atoms with E-state index in [0.717, 1.165) is 0 Å². The summed E-state index contributed by atoms with van der Waals surface area (Å²) in [6, 6.07) is 0. The maximum absolute atomic E-state index is 11.6. The predicted molar refractivity (Wildman–Crippen MR) is 65.5 cm³/mol. The Morgan fingerprint density at radius 2 is 2.33 bits per heavy atom. The zero-order valence-electron chi connectivity index (χ0n) is 10.2. The van der Waals surface area contributed by atoms with Gasteiger partial charge in [0, 0.05) is 18.7 Å². The molecule has 1 amide bonds. The number of nitrogens with one attached hydrogen (secondary N) is 1. The summed E-state index contributed by atoms with van der Waals surface area (Å²) in [5.41, 5.74) is 1.24. The normalized spacial score (nSPS) is 10.6. The van der Waals surface area contributed by atoms with Crippen molar-refractivity contribution in [3.8, 4) is 0 Å². The number of halogens is 1. The molecule has 1 aromatic heterocycles. The molecule has 0 saturated carbocycles. The number of hydrogen-bond acceptors (Lipinski definition) is 5. The first-order valence-electron chi connectivity index (χ1n) is 5.71. The summed E-state index contributed by atoms with van der Waals surface area (Å²) < 4.78 is 9.82. The minimum absolute atomic E-state index is 0.0115. The number of aromatic nitrogens is 1. The highest BCUT2D eigenvalue weighted by atomic mass is 35.5. The van der Waals surface area contributed by atoms with E-state index in [2.05, 4.69) is 10.5 Å². The number of amides is 1. The lowest BCUT2D eigenvalue weighted by atomic mass is 10.2. The fourth-order valence-electron chi connectivity index (χ4n) is 1.35. The van der Waals surface area contributed by atoms with Crippen LogP contribution in [0.4, 0.5) is 0 Å². The van der Waals surface area contributed by atoms with E-state index in [1.807, 2.05) is 0 Å². The van der Waals surface area contributed by atoms with E-state index in [4.69, 9.17) is 26.0 Å². The van der Waals surface area contributed by atoms with Crippen molar-refractivity contribution in [2.75, 3.05) is 26.4 Å². The average Bonchev–Trinajstić information content (AvgIpc) is 2.65. The molecule has 0 aliphatic rings. The van der Waals surface area contributed by atoms with E-state index in [-0.39, 0.29) is 24.2 Å². The van der Waals surface area contributed by atoms with Crippen LogP contribution in [0.15, 0.2) is 4.52 Å². The summed E-state index contributed by atoms with van der Waals surface area (Å²) >= 11 is 5.75. The quantitative estimate of drug-likeness (QED) is 0.683. The van der Waals surface area contributed by atoms with Gasteiger partial charge in [-0.3, -0.25) is 4.79 Å². The van der Waals surface area contributed by atoms with Gasteiger partial charge in [-0.25, -0.2) is 0 Å². The number of aliphatic hydroxyl groups is 1. The van der Waals surface area contributed by atoms with E-state index in [0.29, 0.717) is 37.4 Å². The molecule has 7 heteroatoms. The van der Waals surface area contributed by atoms with Crippen molar-refractivity contribution in [1.82, 2.24) is 10.5 Å². The predicted octanol–water partition coefficient (Wildman–Crippen LogP) is 0.694. The van der Waals surface area contributed by atoms with Gasteiger partial charge in [-0.05, 0) is 24.9 Å². The minimum Gasteiger partial charge on any atom is -0.394 e. The Hall–Kier alpha value is -1.11. The monoisotopic (exact) mass is 276 g/mol. The molecule has 1 heterocycles. The average molecular weight is 277 g/mol. The van der Waals surface area contributed by atoms with Gasteiger partial charge in [-0.1, -0.05) is 5.16 Å². The van der Waals surface area contributed by atoms with E-state index in [1.165, 1.54) is 0 Å². The van der Waals surface area contributed by atoms with Crippen LogP contribution in [0, 0.1) is 6.92 Å². The lowest BCUT2D eigenvalue weighted by Crippen LogP contribution is -2.27. The molecule has 0 spiro atoms. The molecule has 2 N–H and O–H groups in total. The number of aliphatic hydroxyl groups excluding tert-OH is 1. The second-order valence-electron chi connectivity index (χ2n) is 3.74. The van der Waals surface area contributed by atoms with Crippen LogP contribution in [0.1, 0.15) is 17.7 Å². The molecule has 0 aliphatic carbocycles. The molecular formula is C11H17ClN2O4. The van der Waals surface area contributed by atoms with Crippen LogP contribution in [0.2, 0.25) is 5.22 Å². The Labute approximate surface area is 110 Å². The third-order valence-corrected chi connectivity index (χ3v) is 2.59. The number of hydrogen-bond donors (Lipinski definition) is 2. The van der Waals surface area contributed by atoms with Crippen LogP contribution >= 0.6 is 11.6 Å². The summed E-state index contributed by atoms with van der Waals surface area (Å²) in [6.07, 6.45) is 0.855. The first-order valence-corrected chi connectivity index (χ1v) is 6.09. The zero-order chi connectivity index (χ0) is 13.4. The second-order valence-corrected chi connectivity index (χ2v) is 4.08. The van der Waals surface area contributed by atoms with Crippen LogP contribution in [0.3, 0.4) is 0 Å². The van der Waals surface area contributed by atoms with Crippen molar-refractivity contribution in [3.63, 3.8) is 0 Å². The number of nitrogens with zero attached hydrogens (tertiary/aromatic N) is 1. The van der Waals surface area contributed by atoms with Gasteiger partial charge in [-0.2, -0.15) is 0 Å². The van der Waals surface area contributed by atoms with Crippen LogP contribution in [-0.4, -0.2) is 42.5 Å². The number of aryl methyl sites for hydroxylation is 1. The fraction of sp³-hybridized carbons (Fsp3) is 0.636. The topological polar surface area (TPSA) is 84.6 Å². The van der Waals surface area contributed by atoms with Crippen molar-refractivity contribution in [1.29, 1.82) is 0 Å². The first kappa shape index (κ1) is 14.9. The Balaban J connectivity index is 2.18. The molecule has 1 rings (SSSR count). The molecule has 0 bridgehead atoms. The van der Waals surface area contributed by atoms with Gasteiger partial charge in [0.2, 0.25) is 11.1 Å². The molecule has 6 nitrogen and oxygen atoms in total. The first-order chi connectivity index (χ1) is 8.65. The third kappa shape index (κ3) is 5.03. The van der Waals surface area contributed by atoms with Gasteiger partial charge in [0.25, 0.3) is 0 Å². The molecule has 0 aliphatic heterocycles. The van der Waals surface area contributed by atoms with Crippen molar-refractivity contribution < 1.29 is 19.2 Å². The summed E-state index contributed by atoms with van der Waals surface area (Å²) in [7, 11) is 0. The number of carbonyl (C=O) groups is 1. The number of rotatable bonds is 8. The van der Waals surface area contributed by atoms with E-state index in [1.54, 1.807) is 6.92 Å². The smallest absolute Gasteiger partial charge is 0.229 e. The third-order valence-electron chi connectivity index (χ3n) is 2.30. The molecule has 1 aromatic rings. The zero-order valence-corrected chi connectivity index (χ0v) is 11.0. The summed E-state index contributed by atoms with van der Waals surface area (Å²) in [4.78, 5) is 11.6. The van der Waals surface area contributed by atoms with E-state index < -0.39 is 0 Å². The molecule has 0 atom stereocenters. The van der Waals surface area contributed by atoms with Crippen LogP contribution < -0.4 is 5.32 Å². The van der Waals surface area contributed by atoms with Crippen molar-refractivity contribution in [2.24, 2.45) is 0 Å². The van der Waals surface area contributed by atoms with Crippen LogP contribution in [0.5, 0.6) is 0 Å². The van der Waals surface area contributed by atoms with Crippen molar-refractivity contribution in [3.05, 3.63) is 16.5 Å². The van der Waals surface area contributed by atoms with E-state index in [9.17, 15) is 4.79 Å². The summed E-state index contributed by atoms with van der Waals surface area (Å²) in [5.74, 6) is -0.134. The summed E-state index contributed by atoms with van der Waals surface area (Å²) in [5, 5.41) is 15.1. The van der Waals surface area contributed by atoms with Crippen LogP contribution in [0.25, 0.3) is 0 Å². The standard InChI is InChI=1S/C11H17ClN2O4/c1-8-9(11(12)18-14-8)7-10(16)13-3-2-5-17-6-4-15/h15H,2-7H2,1H3,(H,13,16). The molecule has 0 saturated heterocycles. The largest absolute Gasteiger partial charge is 0.394 e. The van der Waals surface area contributed by atoms with Gasteiger partial charge in [0.05, 0.1) is 25.3 Å². The van der Waals surface area contributed by atoms with Gasteiger partial charge in [0.1, 0.15) is 0 Å². The van der Waals surface area contributed by atoms with E-state index >= 15 is 0 Å².